The third-order valence-electron chi connectivity index (χ3n) is 6.44. The molecule has 0 bridgehead atoms. The van der Waals surface area contributed by atoms with E-state index in [1.165, 1.54) is 0 Å². The van der Waals surface area contributed by atoms with Crippen LogP contribution in [0.5, 0.6) is 0 Å². The number of rotatable bonds is 3. The number of pyridine rings is 1. The summed E-state index contributed by atoms with van der Waals surface area (Å²) in [5.41, 5.74) is 6.58. The molecule has 0 spiro atoms. The number of aryl methyl sites for hydroxylation is 1. The number of nitrogens with zero attached hydrogens (tertiary/aromatic N) is 3. The van der Waals surface area contributed by atoms with Gasteiger partial charge in [0.05, 0.1) is 17.2 Å². The van der Waals surface area contributed by atoms with Crippen molar-refractivity contribution in [1.82, 2.24) is 15.6 Å². The van der Waals surface area contributed by atoms with Gasteiger partial charge in [0.15, 0.2) is 6.17 Å². The monoisotopic (exact) mass is 399 g/mol. The highest BCUT2D eigenvalue weighted by Gasteiger charge is 2.51. The summed E-state index contributed by atoms with van der Waals surface area (Å²) in [6.07, 6.45) is 4.97. The summed E-state index contributed by atoms with van der Waals surface area (Å²) in [4.78, 5) is 17.6. The van der Waals surface area contributed by atoms with Gasteiger partial charge in [-0.3, -0.25) is 9.78 Å². The molecule has 3 aliphatic rings. The number of aromatic nitrogens is 1. The molecule has 1 amide bonds. The molecule has 0 radical (unpaired) electrons. The van der Waals surface area contributed by atoms with E-state index in [1.54, 1.807) is 0 Å². The van der Waals surface area contributed by atoms with E-state index in [4.69, 9.17) is 0 Å². The van der Waals surface area contributed by atoms with Crippen LogP contribution in [-0.4, -0.2) is 23.1 Å². The number of azo groups is 1. The lowest BCUT2D eigenvalue weighted by Crippen LogP contribution is -2.55. The minimum atomic E-state index is -0.558. The number of hydrogen-bond donors (Lipinski definition) is 2. The molecule has 4 heterocycles. The van der Waals surface area contributed by atoms with Crippen LogP contribution in [0.2, 0.25) is 0 Å². The average molecular weight is 399 g/mol. The zero-order valence-corrected chi connectivity index (χ0v) is 17.4. The van der Waals surface area contributed by atoms with Crippen molar-refractivity contribution in [3.63, 3.8) is 0 Å². The second-order valence-electron chi connectivity index (χ2n) is 8.32. The van der Waals surface area contributed by atoms with Crippen molar-refractivity contribution in [2.75, 3.05) is 0 Å². The lowest BCUT2D eigenvalue weighted by atomic mass is 9.62. The first-order chi connectivity index (χ1) is 14.5. The fraction of sp³-hybridized carbons (Fsp3) is 0.333. The number of carbonyl (C=O) groups is 1. The summed E-state index contributed by atoms with van der Waals surface area (Å²) in [6.45, 7) is 6.17. The molecule has 1 aromatic carbocycles. The maximum absolute atomic E-state index is 13.3. The minimum Gasteiger partial charge on any atom is -0.362 e. The molecule has 0 saturated heterocycles. The predicted molar refractivity (Wildman–Crippen MR) is 115 cm³/mol. The quantitative estimate of drug-likeness (QED) is 0.814. The molecule has 3 aliphatic heterocycles. The Morgan fingerprint density at radius 2 is 2.00 bits per heavy atom. The smallest absolute Gasteiger partial charge is 0.250 e. The van der Waals surface area contributed by atoms with Crippen molar-refractivity contribution < 1.29 is 4.79 Å². The zero-order chi connectivity index (χ0) is 20.9. The van der Waals surface area contributed by atoms with Gasteiger partial charge in [0.25, 0.3) is 0 Å². The number of benzene rings is 1. The van der Waals surface area contributed by atoms with Gasteiger partial charge in [-0.05, 0) is 55.2 Å². The summed E-state index contributed by atoms with van der Waals surface area (Å²) in [5.74, 6) is -0.00508. The lowest BCUT2D eigenvalue weighted by Gasteiger charge is -2.46. The molecule has 3 atom stereocenters. The van der Waals surface area contributed by atoms with E-state index in [2.05, 4.69) is 63.1 Å². The molecule has 2 N–H and O–H groups in total. The Bertz CT molecular complexity index is 1130. The van der Waals surface area contributed by atoms with Crippen LogP contribution in [0.15, 0.2) is 75.9 Å². The zero-order valence-electron chi connectivity index (χ0n) is 17.4. The van der Waals surface area contributed by atoms with Crippen LogP contribution in [0.3, 0.4) is 0 Å². The Kier molecular flexibility index (Phi) is 4.31. The molecule has 30 heavy (non-hydrogen) atoms. The molecular weight excluding hydrogens is 374 g/mol. The molecule has 6 heteroatoms. The molecule has 2 aromatic rings. The normalized spacial score (nSPS) is 27.2. The van der Waals surface area contributed by atoms with Gasteiger partial charge in [0.2, 0.25) is 5.91 Å². The van der Waals surface area contributed by atoms with Crippen LogP contribution >= 0.6 is 0 Å². The third-order valence-corrected chi connectivity index (χ3v) is 6.44. The van der Waals surface area contributed by atoms with Crippen molar-refractivity contribution in [3.8, 4) is 11.1 Å². The number of fused-ring (bicyclic) bond motifs is 1. The second kappa shape index (κ2) is 6.90. The highest BCUT2D eigenvalue weighted by molar-refractivity contribution is 5.99. The second-order valence-corrected chi connectivity index (χ2v) is 8.32. The minimum absolute atomic E-state index is 0.00508. The van der Waals surface area contributed by atoms with Crippen LogP contribution in [0.4, 0.5) is 0 Å². The molecule has 152 valence electrons. The number of hydrogen-bond acceptors (Lipinski definition) is 5. The Hall–Kier alpha value is -3.28. The van der Waals surface area contributed by atoms with Crippen molar-refractivity contribution in [2.24, 2.45) is 10.2 Å². The maximum Gasteiger partial charge on any atom is 0.250 e. The fourth-order valence-electron chi connectivity index (χ4n) is 5.11. The first-order valence-electron chi connectivity index (χ1n) is 10.5. The molecule has 5 rings (SSSR count). The van der Waals surface area contributed by atoms with Gasteiger partial charge in [0.1, 0.15) is 0 Å². The molecular formula is C24H25N5O. The first-order valence-corrected chi connectivity index (χ1v) is 10.5. The molecule has 0 aliphatic carbocycles. The number of amides is 1. The topological polar surface area (TPSA) is 78.7 Å². The SMILES string of the molecule is CC[C@@]1(c2cccc(-c3ccnc(C)c3)c2)C2=CN=NC2NC2=C1C(=O)N[C@H](C)C2. The third kappa shape index (κ3) is 2.70. The van der Waals surface area contributed by atoms with Crippen LogP contribution in [0.25, 0.3) is 11.1 Å². The van der Waals surface area contributed by atoms with Crippen LogP contribution < -0.4 is 10.6 Å². The van der Waals surface area contributed by atoms with Crippen LogP contribution in [0.1, 0.15) is 37.9 Å². The summed E-state index contributed by atoms with van der Waals surface area (Å²) in [7, 11) is 0. The van der Waals surface area contributed by atoms with Crippen molar-refractivity contribution >= 4 is 5.91 Å². The lowest BCUT2D eigenvalue weighted by molar-refractivity contribution is -0.119. The Morgan fingerprint density at radius 3 is 2.80 bits per heavy atom. The van der Waals surface area contributed by atoms with Gasteiger partial charge in [-0.2, -0.15) is 10.2 Å². The molecule has 6 nitrogen and oxygen atoms in total. The van der Waals surface area contributed by atoms with Gasteiger partial charge in [-0.25, -0.2) is 0 Å². The fourth-order valence-corrected chi connectivity index (χ4v) is 5.11. The van der Waals surface area contributed by atoms with Gasteiger partial charge in [-0.1, -0.05) is 25.1 Å². The summed E-state index contributed by atoms with van der Waals surface area (Å²) >= 11 is 0. The summed E-state index contributed by atoms with van der Waals surface area (Å²) in [6, 6.07) is 12.7. The van der Waals surface area contributed by atoms with E-state index in [9.17, 15) is 4.79 Å². The maximum atomic E-state index is 13.3. The van der Waals surface area contributed by atoms with Crippen LogP contribution in [0, 0.1) is 6.92 Å². The van der Waals surface area contributed by atoms with Crippen molar-refractivity contribution in [1.29, 1.82) is 0 Å². The predicted octanol–water partition coefficient (Wildman–Crippen LogP) is 4.15. The standard InChI is InChI=1S/C24H25N5O/c1-4-24(18-7-5-6-16(12-18)17-8-9-25-14(2)10-17)19-13-26-29-22(19)28-20-11-15(3)27-23(30)21(20)24/h5-10,12-13,15,22,28H,4,11H2,1-3H3,(H,27,30)/t15-,22?,24-/m1/s1. The number of carbonyl (C=O) groups excluding carboxylic acids is 1. The summed E-state index contributed by atoms with van der Waals surface area (Å²) < 4.78 is 0. The molecule has 1 aromatic heterocycles. The molecule has 1 unspecified atom stereocenters. The van der Waals surface area contributed by atoms with E-state index >= 15 is 0 Å². The van der Waals surface area contributed by atoms with E-state index in [1.807, 2.05) is 32.3 Å². The van der Waals surface area contributed by atoms with Gasteiger partial charge < -0.3 is 10.6 Å². The Morgan fingerprint density at radius 1 is 1.17 bits per heavy atom. The van der Waals surface area contributed by atoms with E-state index in [0.717, 1.165) is 52.1 Å². The van der Waals surface area contributed by atoms with Gasteiger partial charge in [0, 0.05) is 35.6 Å². The Balaban J connectivity index is 1.73. The number of nitrogens with one attached hydrogen (secondary N) is 2. The van der Waals surface area contributed by atoms with Crippen molar-refractivity contribution in [2.45, 2.75) is 51.2 Å². The highest BCUT2D eigenvalue weighted by atomic mass is 16.1. The van der Waals surface area contributed by atoms with E-state index in [0.29, 0.717) is 0 Å². The average Bonchev–Trinajstić information content (AvgIpc) is 3.21. The van der Waals surface area contributed by atoms with E-state index < -0.39 is 5.41 Å². The van der Waals surface area contributed by atoms with E-state index in [-0.39, 0.29) is 18.1 Å². The van der Waals surface area contributed by atoms with Crippen molar-refractivity contribution in [3.05, 3.63) is 76.9 Å². The largest absolute Gasteiger partial charge is 0.362 e. The van der Waals surface area contributed by atoms with Gasteiger partial charge in [-0.15, -0.1) is 0 Å². The molecule has 0 fully saturated rings. The summed E-state index contributed by atoms with van der Waals surface area (Å²) in [5, 5.41) is 15.2. The molecule has 0 saturated carbocycles. The van der Waals surface area contributed by atoms with Gasteiger partial charge >= 0.3 is 0 Å². The van der Waals surface area contributed by atoms with Crippen LogP contribution in [-0.2, 0) is 10.2 Å². The highest BCUT2D eigenvalue weighted by Crippen LogP contribution is 2.50. The Labute approximate surface area is 176 Å². The first kappa shape index (κ1) is 18.7.